The molecular formula is C77H134O17P2. The molecule has 0 aliphatic heterocycles. The van der Waals surface area contributed by atoms with Crippen molar-refractivity contribution in [2.24, 2.45) is 0 Å². The summed E-state index contributed by atoms with van der Waals surface area (Å²) in [4.78, 5) is 72.7. The Balaban J connectivity index is 5.35. The van der Waals surface area contributed by atoms with Crippen molar-refractivity contribution >= 4 is 39.5 Å². The summed E-state index contributed by atoms with van der Waals surface area (Å²) >= 11 is 0. The van der Waals surface area contributed by atoms with E-state index in [0.29, 0.717) is 25.7 Å². The molecule has 3 N–H and O–H groups in total. The molecule has 0 saturated heterocycles. The van der Waals surface area contributed by atoms with Crippen molar-refractivity contribution in [1.29, 1.82) is 0 Å². The van der Waals surface area contributed by atoms with E-state index in [1.165, 1.54) is 57.8 Å². The van der Waals surface area contributed by atoms with Crippen molar-refractivity contribution < 1.29 is 80.2 Å². The molecule has 0 heterocycles. The lowest BCUT2D eigenvalue weighted by Crippen LogP contribution is -2.30. The molecule has 5 atom stereocenters. The van der Waals surface area contributed by atoms with Gasteiger partial charge in [0, 0.05) is 25.7 Å². The third kappa shape index (κ3) is 68.5. The van der Waals surface area contributed by atoms with Gasteiger partial charge in [-0.2, -0.15) is 0 Å². The Morgan fingerprint density at radius 2 is 0.542 bits per heavy atom. The first-order chi connectivity index (χ1) is 46.7. The molecular weight excluding hydrogens is 1260 g/mol. The minimum absolute atomic E-state index is 0.0751. The van der Waals surface area contributed by atoms with Gasteiger partial charge in [0.15, 0.2) is 12.2 Å². The Kier molecular flexibility index (Phi) is 66.6. The number of aliphatic hydroxyl groups excluding tert-OH is 1. The fourth-order valence-electron chi connectivity index (χ4n) is 9.87. The van der Waals surface area contributed by atoms with Gasteiger partial charge in [-0.3, -0.25) is 37.3 Å². The molecule has 554 valence electrons. The number of allylic oxidation sites excluding steroid dienone is 16. The van der Waals surface area contributed by atoms with Gasteiger partial charge in [0.05, 0.1) is 26.4 Å². The molecule has 0 fully saturated rings. The summed E-state index contributed by atoms with van der Waals surface area (Å²) in [5, 5.41) is 10.6. The van der Waals surface area contributed by atoms with Crippen LogP contribution in [0.4, 0.5) is 0 Å². The zero-order valence-electron chi connectivity index (χ0n) is 60.3. The van der Waals surface area contributed by atoms with Crippen LogP contribution in [0.25, 0.3) is 0 Å². The molecule has 0 amide bonds. The normalized spacial score (nSPS) is 14.5. The second-order valence-electron chi connectivity index (χ2n) is 24.8. The molecule has 17 nitrogen and oxygen atoms in total. The van der Waals surface area contributed by atoms with Crippen LogP contribution in [0.3, 0.4) is 0 Å². The molecule has 96 heavy (non-hydrogen) atoms. The van der Waals surface area contributed by atoms with Crippen molar-refractivity contribution in [2.75, 3.05) is 39.6 Å². The lowest BCUT2D eigenvalue weighted by molar-refractivity contribution is -0.161. The summed E-state index contributed by atoms with van der Waals surface area (Å²) in [7, 11) is -9.95. The van der Waals surface area contributed by atoms with E-state index in [9.17, 15) is 43.2 Å². The molecule has 0 bridgehead atoms. The summed E-state index contributed by atoms with van der Waals surface area (Å²) in [6, 6.07) is 0. The number of phosphoric acid groups is 2. The van der Waals surface area contributed by atoms with Crippen LogP contribution in [0.15, 0.2) is 97.2 Å². The summed E-state index contributed by atoms with van der Waals surface area (Å²) < 4.78 is 68.4. The predicted molar refractivity (Wildman–Crippen MR) is 390 cm³/mol. The molecule has 0 rings (SSSR count). The van der Waals surface area contributed by atoms with Crippen molar-refractivity contribution in [2.45, 2.75) is 329 Å². The van der Waals surface area contributed by atoms with Crippen LogP contribution in [0.1, 0.15) is 310 Å². The average Bonchev–Trinajstić information content (AvgIpc) is 1.09. The van der Waals surface area contributed by atoms with Crippen LogP contribution in [0, 0.1) is 0 Å². The van der Waals surface area contributed by atoms with Crippen LogP contribution in [0.2, 0.25) is 0 Å². The third-order valence-electron chi connectivity index (χ3n) is 15.5. The van der Waals surface area contributed by atoms with E-state index in [1.807, 2.05) is 0 Å². The SMILES string of the molecule is CC/C=C\C/C=C\C/C=C\CCCCCCCC(=O)OCC(COP(=O)(O)OCC(O)COP(=O)(O)OCC(COC(=O)CCCCCCC/C=C\C/C=C\C/C=C\CC)OC(=O)CCCCCCCCCCCCC)OC(=O)CCCCCCC/C=C\C/C=C\CCCCC. The summed E-state index contributed by atoms with van der Waals surface area (Å²) in [5.74, 6) is -2.22. The van der Waals surface area contributed by atoms with Gasteiger partial charge >= 0.3 is 39.5 Å². The maximum atomic E-state index is 13.1. The highest BCUT2D eigenvalue weighted by molar-refractivity contribution is 7.47. The van der Waals surface area contributed by atoms with E-state index in [1.54, 1.807) is 0 Å². The molecule has 0 aromatic carbocycles. The van der Waals surface area contributed by atoms with Crippen LogP contribution >= 0.6 is 15.6 Å². The lowest BCUT2D eigenvalue weighted by atomic mass is 10.1. The molecule has 0 aromatic heterocycles. The maximum Gasteiger partial charge on any atom is 0.472 e. The first kappa shape index (κ1) is 92.0. The second-order valence-corrected chi connectivity index (χ2v) is 27.7. The van der Waals surface area contributed by atoms with E-state index >= 15 is 0 Å². The first-order valence-corrected chi connectivity index (χ1v) is 40.5. The fourth-order valence-corrected chi connectivity index (χ4v) is 11.4. The largest absolute Gasteiger partial charge is 0.472 e. The molecule has 0 aliphatic carbocycles. The van der Waals surface area contributed by atoms with Gasteiger partial charge in [-0.15, -0.1) is 0 Å². The first-order valence-electron chi connectivity index (χ1n) is 37.5. The van der Waals surface area contributed by atoms with E-state index in [2.05, 4.69) is 125 Å². The van der Waals surface area contributed by atoms with Gasteiger partial charge in [-0.1, -0.05) is 260 Å². The Labute approximate surface area is 582 Å². The highest BCUT2D eigenvalue weighted by Gasteiger charge is 2.30. The Bertz CT molecular complexity index is 2200. The average molecular weight is 1390 g/mol. The molecule has 0 spiro atoms. The molecule has 5 unspecified atom stereocenters. The number of hydrogen-bond donors (Lipinski definition) is 3. The summed E-state index contributed by atoms with van der Waals surface area (Å²) in [6.07, 6.45) is 71.1. The zero-order chi connectivity index (χ0) is 70.4. The number of carbonyl (C=O) groups is 4. The Morgan fingerprint density at radius 1 is 0.302 bits per heavy atom. The Hall–Kier alpha value is -4.02. The van der Waals surface area contributed by atoms with Crippen molar-refractivity contribution in [1.82, 2.24) is 0 Å². The molecule has 0 aliphatic rings. The van der Waals surface area contributed by atoms with E-state index in [-0.39, 0.29) is 25.7 Å². The fraction of sp³-hybridized carbons (Fsp3) is 0.740. The molecule has 0 radical (unpaired) electrons. The third-order valence-corrected chi connectivity index (χ3v) is 17.4. The van der Waals surface area contributed by atoms with Gasteiger partial charge in [0.1, 0.15) is 19.3 Å². The van der Waals surface area contributed by atoms with Crippen LogP contribution < -0.4 is 0 Å². The minimum atomic E-state index is -4.98. The highest BCUT2D eigenvalue weighted by Crippen LogP contribution is 2.45. The van der Waals surface area contributed by atoms with Gasteiger partial charge in [-0.25, -0.2) is 9.13 Å². The number of esters is 4. The number of aliphatic hydroxyl groups is 1. The number of ether oxygens (including phenoxy) is 4. The molecule has 19 heteroatoms. The standard InChI is InChI=1S/C77H134O17P2/c1-5-9-13-17-21-25-29-32-35-38-42-45-49-53-57-61-74(79)87-67-72(93-76(81)63-59-55-51-47-41-28-24-20-16-12-8-4)69-91-95(83,84)89-65-71(78)66-90-96(85,86)92-70-73(94-77(82)64-60-56-52-48-44-40-37-34-31-27-23-19-15-11-7-3)68-88-75(80)62-58-54-50-46-43-39-36-33-30-26-22-18-14-10-6-2/h9-10,13-14,21-23,25-27,32-37,71-73,78H,5-8,11-12,15-20,24,28-31,38-70H2,1-4H3,(H,83,84)(H,85,86)/b13-9-,14-10-,25-21-,26-22-,27-23-,35-32-,36-33-,37-34-. The van der Waals surface area contributed by atoms with Crippen LogP contribution in [-0.2, 0) is 65.4 Å². The number of rotatable bonds is 70. The van der Waals surface area contributed by atoms with Gasteiger partial charge in [0.25, 0.3) is 0 Å². The topological polar surface area (TPSA) is 237 Å². The number of hydrogen-bond acceptors (Lipinski definition) is 15. The van der Waals surface area contributed by atoms with E-state index in [0.717, 1.165) is 173 Å². The van der Waals surface area contributed by atoms with Crippen molar-refractivity contribution in [3.63, 3.8) is 0 Å². The van der Waals surface area contributed by atoms with Crippen LogP contribution in [0.5, 0.6) is 0 Å². The lowest BCUT2D eigenvalue weighted by Gasteiger charge is -2.21. The quantitative estimate of drug-likeness (QED) is 0.0169. The summed E-state index contributed by atoms with van der Waals surface area (Å²) in [6.45, 7) is 4.58. The minimum Gasteiger partial charge on any atom is -0.462 e. The van der Waals surface area contributed by atoms with Crippen molar-refractivity contribution in [3.05, 3.63) is 97.2 Å². The molecule has 0 saturated carbocycles. The number of carbonyl (C=O) groups excluding carboxylic acids is 4. The monoisotopic (exact) mass is 1390 g/mol. The second kappa shape index (κ2) is 69.5. The molecule has 0 aromatic rings. The van der Waals surface area contributed by atoms with Gasteiger partial charge in [0.2, 0.25) is 0 Å². The Morgan fingerprint density at radius 3 is 0.854 bits per heavy atom. The van der Waals surface area contributed by atoms with E-state index < -0.39 is 97.5 Å². The van der Waals surface area contributed by atoms with Gasteiger partial charge in [-0.05, 0) is 122 Å². The van der Waals surface area contributed by atoms with E-state index in [4.69, 9.17) is 37.0 Å². The number of unbranched alkanes of at least 4 members (excludes halogenated alkanes) is 28. The number of phosphoric ester groups is 2. The maximum absolute atomic E-state index is 13.1. The highest BCUT2D eigenvalue weighted by atomic mass is 31.2. The van der Waals surface area contributed by atoms with Crippen molar-refractivity contribution in [3.8, 4) is 0 Å². The van der Waals surface area contributed by atoms with Crippen LogP contribution in [-0.4, -0.2) is 96.7 Å². The zero-order valence-corrected chi connectivity index (χ0v) is 62.1. The van der Waals surface area contributed by atoms with Gasteiger partial charge < -0.3 is 33.8 Å². The smallest absolute Gasteiger partial charge is 0.462 e. The summed E-state index contributed by atoms with van der Waals surface area (Å²) in [5.41, 5.74) is 0. The predicted octanol–water partition coefficient (Wildman–Crippen LogP) is 21.2.